The van der Waals surface area contributed by atoms with Crippen molar-refractivity contribution in [3.05, 3.63) is 87.2 Å². The van der Waals surface area contributed by atoms with Crippen LogP contribution in [0.15, 0.2) is 47.6 Å². The van der Waals surface area contributed by atoms with Gasteiger partial charge in [-0.3, -0.25) is 4.79 Å². The number of amides is 1. The van der Waals surface area contributed by atoms with E-state index < -0.39 is 0 Å². The molecule has 0 radical (unpaired) electrons. The van der Waals surface area contributed by atoms with Crippen molar-refractivity contribution in [2.24, 2.45) is 5.10 Å². The summed E-state index contributed by atoms with van der Waals surface area (Å²) in [7, 11) is 0. The molecule has 31 heavy (non-hydrogen) atoms. The number of nitrogens with zero attached hydrogens (tertiary/aromatic N) is 2. The Bertz CT molecular complexity index is 1090. The molecule has 162 valence electrons. The molecule has 2 aromatic carbocycles. The third-order valence-corrected chi connectivity index (χ3v) is 6.31. The number of hydrazone groups is 1. The van der Waals surface area contributed by atoms with E-state index in [0.29, 0.717) is 5.75 Å². The molecule has 1 amide bonds. The van der Waals surface area contributed by atoms with Crippen LogP contribution in [0.25, 0.3) is 5.69 Å². The van der Waals surface area contributed by atoms with Crippen molar-refractivity contribution in [3.63, 3.8) is 0 Å². The first kappa shape index (κ1) is 22.9. The molecule has 3 aromatic rings. The molecule has 3 rings (SSSR count). The van der Waals surface area contributed by atoms with Crippen LogP contribution in [0.2, 0.25) is 0 Å². The van der Waals surface area contributed by atoms with Crippen molar-refractivity contribution in [1.29, 1.82) is 0 Å². The molecule has 0 aliphatic heterocycles. The van der Waals surface area contributed by atoms with Crippen LogP contribution in [0.5, 0.6) is 0 Å². The number of aryl methyl sites for hydroxylation is 5. The van der Waals surface area contributed by atoms with E-state index in [0.717, 1.165) is 22.7 Å². The SMILES string of the molecule is Cc1cc(C)cc(CSCC(=O)N/N=C\c2cc(C)n(-c3c(C)cccc3C)c2C)c1. The van der Waals surface area contributed by atoms with Gasteiger partial charge in [-0.15, -0.1) is 11.8 Å². The average Bonchev–Trinajstić information content (AvgIpc) is 2.95. The Morgan fingerprint density at radius 2 is 1.65 bits per heavy atom. The monoisotopic (exact) mass is 433 g/mol. The summed E-state index contributed by atoms with van der Waals surface area (Å²) in [5.74, 6) is 1.11. The quantitative estimate of drug-likeness (QED) is 0.383. The maximum Gasteiger partial charge on any atom is 0.250 e. The molecule has 4 nitrogen and oxygen atoms in total. The fourth-order valence-corrected chi connectivity index (χ4v) is 4.80. The van der Waals surface area contributed by atoms with Crippen LogP contribution in [-0.2, 0) is 10.5 Å². The van der Waals surface area contributed by atoms with Crippen LogP contribution in [0.3, 0.4) is 0 Å². The van der Waals surface area contributed by atoms with Crippen molar-refractivity contribution in [1.82, 2.24) is 9.99 Å². The molecule has 0 aliphatic carbocycles. The Hall–Kier alpha value is -2.79. The summed E-state index contributed by atoms with van der Waals surface area (Å²) in [5, 5.41) is 4.20. The molecule has 0 saturated carbocycles. The molecule has 0 fully saturated rings. The number of rotatable bonds is 7. The second-order valence-corrected chi connectivity index (χ2v) is 9.17. The number of carbonyl (C=O) groups excluding carboxylic acids is 1. The van der Waals surface area contributed by atoms with E-state index in [-0.39, 0.29) is 5.91 Å². The second-order valence-electron chi connectivity index (χ2n) is 8.18. The minimum atomic E-state index is -0.0887. The second kappa shape index (κ2) is 10.0. The van der Waals surface area contributed by atoms with E-state index in [1.165, 1.54) is 33.5 Å². The zero-order chi connectivity index (χ0) is 22.5. The highest BCUT2D eigenvalue weighted by molar-refractivity contribution is 7.99. The number of nitrogens with one attached hydrogen (secondary N) is 1. The molecule has 0 unspecified atom stereocenters. The van der Waals surface area contributed by atoms with Crippen LogP contribution < -0.4 is 5.43 Å². The average molecular weight is 434 g/mol. The van der Waals surface area contributed by atoms with Gasteiger partial charge in [0.2, 0.25) is 5.91 Å². The van der Waals surface area contributed by atoms with E-state index in [9.17, 15) is 4.79 Å². The van der Waals surface area contributed by atoms with Crippen molar-refractivity contribution in [3.8, 4) is 5.69 Å². The number of carbonyl (C=O) groups is 1. The Balaban J connectivity index is 1.60. The predicted molar refractivity (Wildman–Crippen MR) is 133 cm³/mol. The summed E-state index contributed by atoms with van der Waals surface area (Å²) < 4.78 is 2.26. The maximum atomic E-state index is 12.2. The summed E-state index contributed by atoms with van der Waals surface area (Å²) in [4.78, 5) is 12.2. The van der Waals surface area contributed by atoms with Crippen molar-refractivity contribution >= 4 is 23.9 Å². The van der Waals surface area contributed by atoms with Crippen LogP contribution in [0, 0.1) is 41.5 Å². The maximum absolute atomic E-state index is 12.2. The normalized spacial score (nSPS) is 11.3. The number of hydrogen-bond acceptors (Lipinski definition) is 3. The van der Waals surface area contributed by atoms with Crippen LogP contribution >= 0.6 is 11.8 Å². The summed E-state index contributed by atoms with van der Waals surface area (Å²) in [6, 6.07) is 14.9. The first-order valence-corrected chi connectivity index (χ1v) is 11.6. The van der Waals surface area contributed by atoms with Gasteiger partial charge in [0.05, 0.1) is 17.7 Å². The Morgan fingerprint density at radius 1 is 1.00 bits per heavy atom. The summed E-state index contributed by atoms with van der Waals surface area (Å²) in [6.07, 6.45) is 1.74. The predicted octanol–water partition coefficient (Wildman–Crippen LogP) is 5.71. The lowest BCUT2D eigenvalue weighted by molar-refractivity contribution is -0.118. The summed E-state index contributed by atoms with van der Waals surface area (Å²) >= 11 is 1.60. The van der Waals surface area contributed by atoms with E-state index in [2.05, 4.69) is 99.1 Å². The lowest BCUT2D eigenvalue weighted by atomic mass is 10.1. The molecule has 1 N–H and O–H groups in total. The van der Waals surface area contributed by atoms with Gasteiger partial charge in [-0.1, -0.05) is 47.5 Å². The molecule has 0 saturated heterocycles. The molecule has 0 spiro atoms. The van der Waals surface area contributed by atoms with E-state index in [1.54, 1.807) is 18.0 Å². The third kappa shape index (κ3) is 5.67. The van der Waals surface area contributed by atoms with Gasteiger partial charge in [-0.05, 0) is 64.3 Å². The molecule has 1 aromatic heterocycles. The van der Waals surface area contributed by atoms with Gasteiger partial charge in [0.15, 0.2) is 0 Å². The largest absolute Gasteiger partial charge is 0.317 e. The van der Waals surface area contributed by atoms with Crippen LogP contribution in [-0.4, -0.2) is 22.4 Å². The van der Waals surface area contributed by atoms with Gasteiger partial charge in [0, 0.05) is 22.7 Å². The number of hydrogen-bond donors (Lipinski definition) is 1. The number of thioether (sulfide) groups is 1. The Labute approximate surface area is 189 Å². The summed E-state index contributed by atoms with van der Waals surface area (Å²) in [5.41, 5.74) is 13.4. The zero-order valence-corrected chi connectivity index (χ0v) is 20.1. The molecular formula is C26H31N3OS. The molecule has 1 heterocycles. The topological polar surface area (TPSA) is 46.4 Å². The van der Waals surface area contributed by atoms with Gasteiger partial charge in [0.25, 0.3) is 0 Å². The lowest BCUT2D eigenvalue weighted by Gasteiger charge is -2.15. The molecule has 0 aliphatic rings. The first-order valence-electron chi connectivity index (χ1n) is 10.5. The van der Waals surface area contributed by atoms with E-state index >= 15 is 0 Å². The Morgan fingerprint density at radius 3 is 2.29 bits per heavy atom. The molecule has 0 atom stereocenters. The van der Waals surface area contributed by atoms with Crippen LogP contribution in [0.4, 0.5) is 0 Å². The smallest absolute Gasteiger partial charge is 0.250 e. The minimum Gasteiger partial charge on any atom is -0.317 e. The molecule has 0 bridgehead atoms. The zero-order valence-electron chi connectivity index (χ0n) is 19.2. The van der Waals surface area contributed by atoms with Gasteiger partial charge in [0.1, 0.15) is 0 Å². The van der Waals surface area contributed by atoms with Crippen molar-refractivity contribution in [2.75, 3.05) is 5.75 Å². The van der Waals surface area contributed by atoms with Gasteiger partial charge in [-0.2, -0.15) is 5.10 Å². The van der Waals surface area contributed by atoms with Gasteiger partial charge < -0.3 is 4.57 Å². The van der Waals surface area contributed by atoms with E-state index in [1.807, 2.05) is 0 Å². The highest BCUT2D eigenvalue weighted by Crippen LogP contribution is 2.25. The fraction of sp³-hybridized carbons (Fsp3) is 0.308. The standard InChI is InChI=1S/C26H31N3OS/c1-17-10-18(2)12-23(11-17)15-31-16-25(30)28-27-14-24-13-21(5)29(22(24)6)26-19(3)8-7-9-20(26)4/h7-14H,15-16H2,1-6H3,(H,28,30)/b27-14-. The summed E-state index contributed by atoms with van der Waals surface area (Å²) in [6.45, 7) is 12.6. The Kier molecular flexibility index (Phi) is 7.39. The number of aromatic nitrogens is 1. The number of para-hydroxylation sites is 1. The van der Waals surface area contributed by atoms with Crippen LogP contribution in [0.1, 0.15) is 44.8 Å². The van der Waals surface area contributed by atoms with Crippen molar-refractivity contribution < 1.29 is 4.79 Å². The highest BCUT2D eigenvalue weighted by Gasteiger charge is 2.13. The highest BCUT2D eigenvalue weighted by atomic mass is 32.2. The fourth-order valence-electron chi connectivity index (χ4n) is 4.04. The molecule has 5 heteroatoms. The minimum absolute atomic E-state index is 0.0887. The number of benzene rings is 2. The molecular weight excluding hydrogens is 402 g/mol. The lowest BCUT2D eigenvalue weighted by Crippen LogP contribution is -2.19. The first-order chi connectivity index (χ1) is 14.8. The van der Waals surface area contributed by atoms with Gasteiger partial charge in [-0.25, -0.2) is 5.43 Å². The van der Waals surface area contributed by atoms with Gasteiger partial charge >= 0.3 is 0 Å². The third-order valence-electron chi connectivity index (χ3n) is 5.31. The van der Waals surface area contributed by atoms with Crippen molar-refractivity contribution in [2.45, 2.75) is 47.3 Å². The van der Waals surface area contributed by atoms with E-state index in [4.69, 9.17) is 0 Å².